The highest BCUT2D eigenvalue weighted by Gasteiger charge is 2.49. The molecule has 3 rings (SSSR count). The Labute approximate surface area is 128 Å². The van der Waals surface area contributed by atoms with Gasteiger partial charge in [-0.1, -0.05) is 63.2 Å². The van der Waals surface area contributed by atoms with Crippen molar-refractivity contribution in [3.05, 3.63) is 48.0 Å². The summed E-state index contributed by atoms with van der Waals surface area (Å²) in [4.78, 5) is 0. The molecule has 2 unspecified atom stereocenters. The van der Waals surface area contributed by atoms with E-state index >= 15 is 0 Å². The largest absolute Gasteiger partial charge is 0.313 e. The first-order chi connectivity index (χ1) is 10.1. The second kappa shape index (κ2) is 5.81. The molecule has 1 saturated carbocycles. The smallest absolute Gasteiger partial charge is 0.0141 e. The van der Waals surface area contributed by atoms with Crippen LogP contribution in [0.2, 0.25) is 0 Å². The molecule has 2 aromatic carbocycles. The van der Waals surface area contributed by atoms with Crippen LogP contribution in [0.15, 0.2) is 42.5 Å². The van der Waals surface area contributed by atoms with Crippen LogP contribution >= 0.6 is 0 Å². The van der Waals surface area contributed by atoms with E-state index in [2.05, 4.69) is 68.6 Å². The molecule has 0 radical (unpaired) electrons. The molecule has 1 fully saturated rings. The van der Waals surface area contributed by atoms with E-state index in [-0.39, 0.29) is 0 Å². The standard InChI is InChI=1S/C20H27N/c1-4-12-21-19(18-14-20(18,2)3)13-16-10-7-9-15-8-5-6-11-17(15)16/h5-11,18-19,21H,4,12-14H2,1-3H3. The van der Waals surface area contributed by atoms with Gasteiger partial charge in [-0.2, -0.15) is 0 Å². The van der Waals surface area contributed by atoms with Crippen molar-refractivity contribution >= 4 is 10.8 Å². The summed E-state index contributed by atoms with van der Waals surface area (Å²) in [5, 5.41) is 6.58. The molecule has 1 aliphatic rings. The van der Waals surface area contributed by atoms with Crippen LogP contribution < -0.4 is 5.32 Å². The zero-order valence-corrected chi connectivity index (χ0v) is 13.5. The van der Waals surface area contributed by atoms with Gasteiger partial charge in [-0.3, -0.25) is 0 Å². The van der Waals surface area contributed by atoms with Crippen molar-refractivity contribution < 1.29 is 0 Å². The monoisotopic (exact) mass is 281 g/mol. The summed E-state index contributed by atoms with van der Waals surface area (Å²) >= 11 is 0. The van der Waals surface area contributed by atoms with Crippen molar-refractivity contribution in [2.45, 2.75) is 46.1 Å². The fraction of sp³-hybridized carbons (Fsp3) is 0.500. The van der Waals surface area contributed by atoms with Crippen LogP contribution in [-0.2, 0) is 6.42 Å². The molecule has 0 aromatic heterocycles. The van der Waals surface area contributed by atoms with Crippen molar-refractivity contribution in [2.75, 3.05) is 6.54 Å². The Morgan fingerprint density at radius 3 is 2.57 bits per heavy atom. The lowest BCUT2D eigenvalue weighted by Gasteiger charge is -2.21. The van der Waals surface area contributed by atoms with E-state index in [1.54, 1.807) is 0 Å². The maximum atomic E-state index is 3.80. The maximum absolute atomic E-state index is 3.80. The summed E-state index contributed by atoms with van der Waals surface area (Å²) in [7, 11) is 0. The Balaban J connectivity index is 1.84. The predicted molar refractivity (Wildman–Crippen MR) is 91.6 cm³/mol. The van der Waals surface area contributed by atoms with Gasteiger partial charge in [-0.05, 0) is 53.5 Å². The summed E-state index contributed by atoms with van der Waals surface area (Å²) < 4.78 is 0. The highest BCUT2D eigenvalue weighted by atomic mass is 14.9. The molecular formula is C20H27N. The fourth-order valence-electron chi connectivity index (χ4n) is 3.59. The molecule has 1 N–H and O–H groups in total. The molecule has 112 valence electrons. The van der Waals surface area contributed by atoms with E-state index in [0.29, 0.717) is 11.5 Å². The third-order valence-corrected chi connectivity index (χ3v) is 5.05. The van der Waals surface area contributed by atoms with Crippen LogP contribution in [0.1, 0.15) is 39.2 Å². The molecule has 0 aliphatic heterocycles. The molecule has 1 heteroatoms. The third-order valence-electron chi connectivity index (χ3n) is 5.05. The summed E-state index contributed by atoms with van der Waals surface area (Å²) in [5.41, 5.74) is 2.01. The minimum atomic E-state index is 0.524. The third kappa shape index (κ3) is 3.13. The van der Waals surface area contributed by atoms with Crippen LogP contribution in [-0.4, -0.2) is 12.6 Å². The van der Waals surface area contributed by atoms with Gasteiger partial charge in [-0.25, -0.2) is 0 Å². The van der Waals surface area contributed by atoms with Gasteiger partial charge in [-0.15, -0.1) is 0 Å². The molecule has 1 nitrogen and oxygen atoms in total. The van der Waals surface area contributed by atoms with Gasteiger partial charge < -0.3 is 5.32 Å². The molecule has 0 amide bonds. The van der Waals surface area contributed by atoms with E-state index in [1.807, 2.05) is 0 Å². The minimum Gasteiger partial charge on any atom is -0.313 e. The molecule has 1 aliphatic carbocycles. The lowest BCUT2D eigenvalue weighted by atomic mass is 9.94. The topological polar surface area (TPSA) is 12.0 Å². The number of fused-ring (bicyclic) bond motifs is 1. The van der Waals surface area contributed by atoms with Crippen molar-refractivity contribution in [3.8, 4) is 0 Å². The average molecular weight is 281 g/mol. The van der Waals surface area contributed by atoms with Gasteiger partial charge >= 0.3 is 0 Å². The summed E-state index contributed by atoms with van der Waals surface area (Å²) in [5.74, 6) is 0.822. The van der Waals surface area contributed by atoms with Gasteiger partial charge in [0.2, 0.25) is 0 Å². The fourth-order valence-corrected chi connectivity index (χ4v) is 3.59. The van der Waals surface area contributed by atoms with E-state index in [4.69, 9.17) is 0 Å². The zero-order chi connectivity index (χ0) is 14.9. The Morgan fingerprint density at radius 1 is 1.14 bits per heavy atom. The van der Waals surface area contributed by atoms with Crippen molar-refractivity contribution in [3.63, 3.8) is 0 Å². The quantitative estimate of drug-likeness (QED) is 0.802. The minimum absolute atomic E-state index is 0.524. The first-order valence-electron chi connectivity index (χ1n) is 8.32. The number of nitrogens with one attached hydrogen (secondary N) is 1. The summed E-state index contributed by atoms with van der Waals surface area (Å²) in [6.07, 6.45) is 3.72. The summed E-state index contributed by atoms with van der Waals surface area (Å²) in [6.45, 7) is 8.19. The predicted octanol–water partition coefficient (Wildman–Crippen LogP) is 4.80. The van der Waals surface area contributed by atoms with Crippen molar-refractivity contribution in [1.82, 2.24) is 5.32 Å². The Bertz CT molecular complexity index is 609. The van der Waals surface area contributed by atoms with E-state index < -0.39 is 0 Å². The normalized spacial score (nSPS) is 21.4. The highest BCUT2D eigenvalue weighted by Crippen LogP contribution is 2.54. The van der Waals surface area contributed by atoms with Crippen LogP contribution in [0, 0.1) is 11.3 Å². The van der Waals surface area contributed by atoms with Gasteiger partial charge in [0.1, 0.15) is 0 Å². The van der Waals surface area contributed by atoms with Gasteiger partial charge in [0.15, 0.2) is 0 Å². The van der Waals surface area contributed by atoms with E-state index in [9.17, 15) is 0 Å². The molecular weight excluding hydrogens is 254 g/mol. The second-order valence-corrected chi connectivity index (χ2v) is 7.20. The number of hydrogen-bond acceptors (Lipinski definition) is 1. The molecule has 2 aromatic rings. The lowest BCUT2D eigenvalue weighted by Crippen LogP contribution is -2.35. The molecule has 0 spiro atoms. The number of rotatable bonds is 6. The number of hydrogen-bond donors (Lipinski definition) is 1. The summed E-state index contributed by atoms with van der Waals surface area (Å²) in [6, 6.07) is 16.1. The molecule has 0 bridgehead atoms. The maximum Gasteiger partial charge on any atom is 0.0141 e. The van der Waals surface area contributed by atoms with Crippen LogP contribution in [0.5, 0.6) is 0 Å². The van der Waals surface area contributed by atoms with E-state index in [0.717, 1.165) is 18.9 Å². The molecule has 0 heterocycles. The van der Waals surface area contributed by atoms with Gasteiger partial charge in [0, 0.05) is 6.04 Å². The van der Waals surface area contributed by atoms with Crippen LogP contribution in [0.3, 0.4) is 0 Å². The van der Waals surface area contributed by atoms with E-state index in [1.165, 1.54) is 29.2 Å². The average Bonchev–Trinajstić information content (AvgIpc) is 3.12. The Hall–Kier alpha value is -1.34. The first-order valence-corrected chi connectivity index (χ1v) is 8.32. The molecule has 21 heavy (non-hydrogen) atoms. The SMILES string of the molecule is CCCNC(Cc1cccc2ccccc12)C1CC1(C)C. The lowest BCUT2D eigenvalue weighted by molar-refractivity contribution is 0.403. The second-order valence-electron chi connectivity index (χ2n) is 7.20. The van der Waals surface area contributed by atoms with Gasteiger partial charge in [0.05, 0.1) is 0 Å². The van der Waals surface area contributed by atoms with Crippen molar-refractivity contribution in [2.24, 2.45) is 11.3 Å². The van der Waals surface area contributed by atoms with Crippen LogP contribution in [0.4, 0.5) is 0 Å². The molecule has 0 saturated heterocycles. The van der Waals surface area contributed by atoms with Crippen LogP contribution in [0.25, 0.3) is 10.8 Å². The van der Waals surface area contributed by atoms with Crippen molar-refractivity contribution in [1.29, 1.82) is 0 Å². The zero-order valence-electron chi connectivity index (χ0n) is 13.5. The van der Waals surface area contributed by atoms with Gasteiger partial charge in [0.25, 0.3) is 0 Å². The number of benzene rings is 2. The Morgan fingerprint density at radius 2 is 1.86 bits per heavy atom. The molecule has 2 atom stereocenters. The Kier molecular flexibility index (Phi) is 4.03. The first kappa shape index (κ1) is 14.6. The highest BCUT2D eigenvalue weighted by molar-refractivity contribution is 5.85.